The molecule has 1 aliphatic heterocycles. The van der Waals surface area contributed by atoms with Gasteiger partial charge in [0.25, 0.3) is 0 Å². The maximum atomic E-state index is 12.1. The minimum Gasteiger partial charge on any atom is -0.368 e. The first-order chi connectivity index (χ1) is 12.7. The zero-order chi connectivity index (χ0) is 18.4. The number of nitrogens with zero attached hydrogens (tertiary/aromatic N) is 3. The molecule has 1 heterocycles. The van der Waals surface area contributed by atoms with E-state index in [4.69, 9.17) is 5.21 Å². The van der Waals surface area contributed by atoms with Crippen LogP contribution in [0.5, 0.6) is 0 Å². The van der Waals surface area contributed by atoms with Crippen LogP contribution < -0.4 is 4.90 Å². The number of hydrogen-bond acceptors (Lipinski definition) is 4. The van der Waals surface area contributed by atoms with E-state index >= 15 is 0 Å². The van der Waals surface area contributed by atoms with E-state index in [1.807, 2.05) is 18.2 Å². The van der Waals surface area contributed by atoms with Crippen molar-refractivity contribution in [2.75, 3.05) is 37.6 Å². The van der Waals surface area contributed by atoms with Gasteiger partial charge >= 0.3 is 0 Å². The fourth-order valence-electron chi connectivity index (χ4n) is 3.13. The fourth-order valence-corrected chi connectivity index (χ4v) is 3.13. The van der Waals surface area contributed by atoms with Gasteiger partial charge < -0.3 is 9.80 Å². The van der Waals surface area contributed by atoms with Crippen LogP contribution in [0.4, 0.5) is 5.69 Å². The van der Waals surface area contributed by atoms with Gasteiger partial charge in [-0.2, -0.15) is 0 Å². The lowest BCUT2D eigenvalue weighted by molar-refractivity contribution is -0.152. The van der Waals surface area contributed by atoms with Gasteiger partial charge in [-0.3, -0.25) is 14.8 Å². The van der Waals surface area contributed by atoms with Gasteiger partial charge in [-0.25, -0.2) is 5.06 Å². The molecule has 0 bridgehead atoms. The number of amides is 2. The van der Waals surface area contributed by atoms with Crippen molar-refractivity contribution in [2.45, 2.75) is 6.42 Å². The molecule has 2 aromatic rings. The summed E-state index contributed by atoms with van der Waals surface area (Å²) in [6.07, 6.45) is 0.450. The molecule has 0 saturated carbocycles. The van der Waals surface area contributed by atoms with Gasteiger partial charge in [0, 0.05) is 38.3 Å². The van der Waals surface area contributed by atoms with Crippen LogP contribution in [0.3, 0.4) is 0 Å². The molecule has 1 N–H and O–H groups in total. The molecule has 1 fully saturated rings. The molecule has 26 heavy (non-hydrogen) atoms. The Morgan fingerprint density at radius 2 is 1.58 bits per heavy atom. The zero-order valence-corrected chi connectivity index (χ0v) is 14.6. The molecule has 2 amide bonds. The number of hydrogen-bond donors (Lipinski definition) is 1. The normalized spacial score (nSPS) is 14.2. The lowest BCUT2D eigenvalue weighted by Gasteiger charge is -2.36. The third kappa shape index (κ3) is 4.40. The molecular formula is C20H23N3O3. The molecule has 3 rings (SSSR count). The van der Waals surface area contributed by atoms with Crippen molar-refractivity contribution in [1.29, 1.82) is 0 Å². The molecule has 0 aliphatic carbocycles. The van der Waals surface area contributed by atoms with Crippen molar-refractivity contribution < 1.29 is 14.8 Å². The highest BCUT2D eigenvalue weighted by Gasteiger charge is 2.21. The van der Waals surface area contributed by atoms with Crippen LogP contribution in [0.1, 0.15) is 6.42 Å². The van der Waals surface area contributed by atoms with E-state index < -0.39 is 0 Å². The average molecular weight is 353 g/mol. The Hall–Kier alpha value is -2.86. The lowest BCUT2D eigenvalue weighted by Crippen LogP contribution is -2.49. The van der Waals surface area contributed by atoms with Crippen molar-refractivity contribution in [2.24, 2.45) is 0 Å². The zero-order valence-electron chi connectivity index (χ0n) is 14.6. The van der Waals surface area contributed by atoms with Crippen LogP contribution in [0.25, 0.3) is 11.1 Å². The lowest BCUT2D eigenvalue weighted by atomic mass is 10.1. The number of carbonyl (C=O) groups excluding carboxylic acids is 2. The van der Waals surface area contributed by atoms with Crippen LogP contribution >= 0.6 is 0 Å². The van der Waals surface area contributed by atoms with Gasteiger partial charge in [-0.1, -0.05) is 42.5 Å². The molecule has 0 atom stereocenters. The predicted molar refractivity (Wildman–Crippen MR) is 99.8 cm³/mol. The van der Waals surface area contributed by atoms with Crippen LogP contribution in [0.2, 0.25) is 0 Å². The molecule has 0 aromatic heterocycles. The maximum Gasteiger partial charge on any atom is 0.233 e. The number of hydroxylamine groups is 2. The molecule has 0 spiro atoms. The monoisotopic (exact) mass is 353 g/mol. The Balaban J connectivity index is 1.53. The Kier molecular flexibility index (Phi) is 5.86. The number of anilines is 1. The van der Waals surface area contributed by atoms with Gasteiger partial charge in [0.1, 0.15) is 0 Å². The summed E-state index contributed by atoms with van der Waals surface area (Å²) in [5.74, 6) is -0.0371. The molecule has 2 aromatic carbocycles. The van der Waals surface area contributed by atoms with Gasteiger partial charge in [-0.05, 0) is 23.3 Å². The molecular weight excluding hydrogens is 330 g/mol. The summed E-state index contributed by atoms with van der Waals surface area (Å²) in [5.41, 5.74) is 3.54. The van der Waals surface area contributed by atoms with Crippen molar-refractivity contribution in [3.63, 3.8) is 0 Å². The van der Waals surface area contributed by atoms with Gasteiger partial charge in [-0.15, -0.1) is 0 Å². The highest BCUT2D eigenvalue weighted by Crippen LogP contribution is 2.23. The maximum absolute atomic E-state index is 12.1. The summed E-state index contributed by atoms with van der Waals surface area (Å²) in [6, 6.07) is 18.7. The molecule has 1 saturated heterocycles. The largest absolute Gasteiger partial charge is 0.368 e. The minimum absolute atomic E-state index is 0.0312. The Morgan fingerprint density at radius 1 is 0.962 bits per heavy atom. The average Bonchev–Trinajstić information content (AvgIpc) is 2.72. The molecule has 1 aliphatic rings. The molecule has 136 valence electrons. The molecule has 0 unspecified atom stereocenters. The number of piperazine rings is 1. The standard InChI is InChI=1S/C20H23N3O3/c24-16-23(26)11-10-20(25)22-14-12-21(13-15-22)19-8-6-18(7-9-19)17-4-2-1-3-5-17/h1-9,16,26H,10-15H2. The fraction of sp³-hybridized carbons (Fsp3) is 0.300. The van der Waals surface area contributed by atoms with Crippen molar-refractivity contribution in [3.05, 3.63) is 54.6 Å². The predicted octanol–water partition coefficient (Wildman–Crippen LogP) is 2.24. The molecule has 0 radical (unpaired) electrons. The van der Waals surface area contributed by atoms with Crippen molar-refractivity contribution >= 4 is 18.0 Å². The Labute approximate surface area is 153 Å². The highest BCUT2D eigenvalue weighted by molar-refractivity contribution is 5.77. The molecule has 6 nitrogen and oxygen atoms in total. The van der Waals surface area contributed by atoms with Crippen LogP contribution in [0, 0.1) is 0 Å². The second kappa shape index (κ2) is 8.49. The highest BCUT2D eigenvalue weighted by atomic mass is 16.5. The smallest absolute Gasteiger partial charge is 0.233 e. The van der Waals surface area contributed by atoms with E-state index in [2.05, 4.69) is 41.3 Å². The van der Waals surface area contributed by atoms with Gasteiger partial charge in [0.2, 0.25) is 12.3 Å². The van der Waals surface area contributed by atoms with E-state index in [-0.39, 0.29) is 18.9 Å². The summed E-state index contributed by atoms with van der Waals surface area (Å²) in [4.78, 5) is 26.5. The van der Waals surface area contributed by atoms with Gasteiger partial charge in [0.15, 0.2) is 0 Å². The summed E-state index contributed by atoms with van der Waals surface area (Å²) < 4.78 is 0. The van der Waals surface area contributed by atoms with E-state index in [9.17, 15) is 9.59 Å². The third-order valence-corrected chi connectivity index (χ3v) is 4.65. The van der Waals surface area contributed by atoms with E-state index in [1.54, 1.807) is 4.90 Å². The quantitative estimate of drug-likeness (QED) is 0.491. The Bertz CT molecular complexity index is 726. The third-order valence-electron chi connectivity index (χ3n) is 4.65. The SMILES string of the molecule is O=CN(O)CCC(=O)N1CCN(c2ccc(-c3ccccc3)cc2)CC1. The van der Waals surface area contributed by atoms with Crippen LogP contribution in [-0.4, -0.2) is 60.2 Å². The second-order valence-corrected chi connectivity index (χ2v) is 6.30. The summed E-state index contributed by atoms with van der Waals surface area (Å²) >= 11 is 0. The summed E-state index contributed by atoms with van der Waals surface area (Å²) in [7, 11) is 0. The number of benzene rings is 2. The number of carbonyl (C=O) groups is 2. The van der Waals surface area contributed by atoms with Crippen molar-refractivity contribution in [3.8, 4) is 11.1 Å². The summed E-state index contributed by atoms with van der Waals surface area (Å²) in [6.45, 7) is 2.86. The second-order valence-electron chi connectivity index (χ2n) is 6.30. The van der Waals surface area contributed by atoms with Crippen LogP contribution in [-0.2, 0) is 9.59 Å². The molecule has 6 heteroatoms. The van der Waals surface area contributed by atoms with Crippen LogP contribution in [0.15, 0.2) is 54.6 Å². The minimum atomic E-state index is -0.0371. The first-order valence-electron chi connectivity index (χ1n) is 8.76. The first kappa shape index (κ1) is 17.9. The van der Waals surface area contributed by atoms with Crippen molar-refractivity contribution in [1.82, 2.24) is 9.96 Å². The first-order valence-corrected chi connectivity index (χ1v) is 8.76. The van der Waals surface area contributed by atoms with E-state index in [0.717, 1.165) is 18.8 Å². The Morgan fingerprint density at radius 3 is 2.19 bits per heavy atom. The number of rotatable bonds is 6. The summed E-state index contributed by atoms with van der Waals surface area (Å²) in [5, 5.41) is 9.59. The van der Waals surface area contributed by atoms with E-state index in [1.165, 1.54) is 11.1 Å². The topological polar surface area (TPSA) is 64.1 Å². The van der Waals surface area contributed by atoms with E-state index in [0.29, 0.717) is 24.6 Å². The van der Waals surface area contributed by atoms with Gasteiger partial charge in [0.05, 0.1) is 6.54 Å².